The van der Waals surface area contributed by atoms with Crippen molar-refractivity contribution in [2.24, 2.45) is 5.41 Å². The van der Waals surface area contributed by atoms with Gasteiger partial charge in [0.15, 0.2) is 11.5 Å². The molecule has 0 aliphatic heterocycles. The lowest BCUT2D eigenvalue weighted by molar-refractivity contribution is -0.123. The maximum atomic E-state index is 12.4. The normalized spacial score (nSPS) is 11.3. The van der Waals surface area contributed by atoms with E-state index in [1.165, 1.54) is 0 Å². The molecule has 1 aromatic carbocycles. The second kappa shape index (κ2) is 8.29. The molecule has 0 atom stereocenters. The van der Waals surface area contributed by atoms with E-state index < -0.39 is 5.41 Å². The fourth-order valence-corrected chi connectivity index (χ4v) is 2.46. The molecule has 0 unspecified atom stereocenters. The first kappa shape index (κ1) is 20.6. The summed E-state index contributed by atoms with van der Waals surface area (Å²) in [6.07, 6.45) is 0. The van der Waals surface area contributed by atoms with Crippen molar-refractivity contribution in [3.8, 4) is 22.8 Å². The van der Waals surface area contributed by atoms with Crippen LogP contribution >= 0.6 is 0 Å². The van der Waals surface area contributed by atoms with Gasteiger partial charge in [-0.15, -0.1) is 0 Å². The summed E-state index contributed by atoms with van der Waals surface area (Å²) in [6, 6.07) is 9.67. The van der Waals surface area contributed by atoms with Crippen LogP contribution in [0.3, 0.4) is 0 Å². The number of methoxy groups -OCH3 is 2. The van der Waals surface area contributed by atoms with Crippen molar-refractivity contribution in [3.05, 3.63) is 30.3 Å². The fourth-order valence-electron chi connectivity index (χ4n) is 2.46. The Balaban J connectivity index is 2.48. The number of rotatable bonds is 6. The summed E-state index contributed by atoms with van der Waals surface area (Å²) >= 11 is 0. The van der Waals surface area contributed by atoms with Gasteiger partial charge in [0.05, 0.1) is 19.9 Å². The maximum absolute atomic E-state index is 12.4. The third-order valence-electron chi connectivity index (χ3n) is 3.88. The predicted octanol–water partition coefficient (Wildman–Crippen LogP) is 4.57. The highest BCUT2D eigenvalue weighted by Gasteiger charge is 2.22. The van der Waals surface area contributed by atoms with Crippen LogP contribution in [0.25, 0.3) is 11.3 Å². The Morgan fingerprint density at radius 2 is 1.70 bits per heavy atom. The summed E-state index contributed by atoms with van der Waals surface area (Å²) in [7, 11) is 3.20. The SMILES string of the molecule is COc1ccc(-c2cc(NC(C)C)cc(NC(=O)C(C)(C)C)n2)cc1OC. The van der Waals surface area contributed by atoms with E-state index >= 15 is 0 Å². The minimum absolute atomic E-state index is 0.0880. The molecule has 1 aromatic heterocycles. The van der Waals surface area contributed by atoms with Gasteiger partial charge in [0.2, 0.25) is 5.91 Å². The minimum Gasteiger partial charge on any atom is -0.493 e. The maximum Gasteiger partial charge on any atom is 0.230 e. The molecule has 0 bridgehead atoms. The number of amides is 1. The van der Waals surface area contributed by atoms with Crippen molar-refractivity contribution in [3.63, 3.8) is 0 Å². The van der Waals surface area contributed by atoms with Crippen LogP contribution in [0, 0.1) is 5.41 Å². The molecule has 2 aromatic rings. The lowest BCUT2D eigenvalue weighted by Crippen LogP contribution is -2.28. The summed E-state index contributed by atoms with van der Waals surface area (Å²) in [4.78, 5) is 17.0. The van der Waals surface area contributed by atoms with Gasteiger partial charge < -0.3 is 20.1 Å². The fraction of sp³-hybridized carbons (Fsp3) is 0.429. The molecule has 146 valence electrons. The molecule has 6 nitrogen and oxygen atoms in total. The van der Waals surface area contributed by atoms with Crippen LogP contribution in [0.4, 0.5) is 11.5 Å². The van der Waals surface area contributed by atoms with Crippen LogP contribution in [0.1, 0.15) is 34.6 Å². The summed E-state index contributed by atoms with van der Waals surface area (Å²) in [5, 5.41) is 6.28. The quantitative estimate of drug-likeness (QED) is 0.778. The van der Waals surface area contributed by atoms with Crippen molar-refractivity contribution < 1.29 is 14.3 Å². The number of nitrogens with zero attached hydrogens (tertiary/aromatic N) is 1. The standard InChI is InChI=1S/C21H29N3O3/c1-13(2)22-15-11-16(14-8-9-17(26-6)18(10-14)27-7)23-19(12-15)24-20(25)21(3,4)5/h8-13H,1-7H3,(H2,22,23,24,25). The molecule has 0 spiro atoms. The van der Waals surface area contributed by atoms with E-state index in [9.17, 15) is 4.79 Å². The van der Waals surface area contributed by atoms with Gasteiger partial charge in [-0.1, -0.05) is 20.8 Å². The summed E-state index contributed by atoms with van der Waals surface area (Å²) in [6.45, 7) is 9.73. The Hall–Kier alpha value is -2.76. The van der Waals surface area contributed by atoms with E-state index in [-0.39, 0.29) is 11.9 Å². The zero-order valence-electron chi connectivity index (χ0n) is 17.1. The monoisotopic (exact) mass is 371 g/mol. The molecule has 1 heterocycles. The summed E-state index contributed by atoms with van der Waals surface area (Å²) < 4.78 is 10.7. The first-order chi connectivity index (χ1) is 12.6. The number of pyridine rings is 1. The van der Waals surface area contributed by atoms with Gasteiger partial charge in [0, 0.05) is 28.8 Å². The van der Waals surface area contributed by atoms with E-state index in [1.807, 2.05) is 51.1 Å². The molecule has 1 amide bonds. The molecule has 27 heavy (non-hydrogen) atoms. The molecule has 2 N–H and O–H groups in total. The number of aromatic nitrogens is 1. The van der Waals surface area contributed by atoms with Gasteiger partial charge in [-0.3, -0.25) is 4.79 Å². The lowest BCUT2D eigenvalue weighted by atomic mass is 9.96. The second-order valence-corrected chi connectivity index (χ2v) is 7.70. The molecule has 0 saturated carbocycles. The number of ether oxygens (including phenoxy) is 2. The topological polar surface area (TPSA) is 72.5 Å². The Morgan fingerprint density at radius 1 is 1.04 bits per heavy atom. The molecular weight excluding hydrogens is 342 g/mol. The van der Waals surface area contributed by atoms with Crippen LogP contribution in [0.5, 0.6) is 11.5 Å². The number of benzene rings is 1. The number of hydrogen-bond acceptors (Lipinski definition) is 5. The Morgan fingerprint density at radius 3 is 2.26 bits per heavy atom. The van der Waals surface area contributed by atoms with Crippen molar-refractivity contribution in [1.29, 1.82) is 0 Å². The van der Waals surface area contributed by atoms with Crippen molar-refractivity contribution in [2.75, 3.05) is 24.9 Å². The molecule has 0 radical (unpaired) electrons. The second-order valence-electron chi connectivity index (χ2n) is 7.70. The molecule has 0 saturated heterocycles. The minimum atomic E-state index is -0.507. The molecule has 0 fully saturated rings. The highest BCUT2D eigenvalue weighted by molar-refractivity contribution is 5.94. The lowest BCUT2D eigenvalue weighted by Gasteiger charge is -2.19. The molecule has 0 aliphatic carbocycles. The van der Waals surface area contributed by atoms with E-state index in [0.717, 1.165) is 16.9 Å². The Kier molecular flexibility index (Phi) is 6.31. The average molecular weight is 371 g/mol. The highest BCUT2D eigenvalue weighted by Crippen LogP contribution is 2.33. The predicted molar refractivity (Wildman–Crippen MR) is 110 cm³/mol. The smallest absolute Gasteiger partial charge is 0.230 e. The third kappa shape index (κ3) is 5.36. The van der Waals surface area contributed by atoms with Gasteiger partial charge in [0.25, 0.3) is 0 Å². The number of carbonyl (C=O) groups excluding carboxylic acids is 1. The van der Waals surface area contributed by atoms with Gasteiger partial charge >= 0.3 is 0 Å². The largest absolute Gasteiger partial charge is 0.493 e. The van der Waals surface area contributed by atoms with Gasteiger partial charge in [-0.2, -0.15) is 0 Å². The number of carbonyl (C=O) groups is 1. The van der Waals surface area contributed by atoms with E-state index in [2.05, 4.69) is 29.5 Å². The van der Waals surface area contributed by atoms with Crippen LogP contribution in [0.15, 0.2) is 30.3 Å². The zero-order valence-corrected chi connectivity index (χ0v) is 17.1. The third-order valence-corrected chi connectivity index (χ3v) is 3.88. The first-order valence-electron chi connectivity index (χ1n) is 8.96. The van der Waals surface area contributed by atoms with E-state index in [1.54, 1.807) is 14.2 Å². The average Bonchev–Trinajstić information content (AvgIpc) is 2.59. The summed E-state index contributed by atoms with van der Waals surface area (Å²) in [5.74, 6) is 1.69. The van der Waals surface area contributed by atoms with Crippen molar-refractivity contribution in [2.45, 2.75) is 40.7 Å². The highest BCUT2D eigenvalue weighted by atomic mass is 16.5. The number of nitrogens with one attached hydrogen (secondary N) is 2. The van der Waals surface area contributed by atoms with Crippen molar-refractivity contribution >= 4 is 17.4 Å². The summed E-state index contributed by atoms with van der Waals surface area (Å²) in [5.41, 5.74) is 1.97. The van der Waals surface area contributed by atoms with E-state index in [4.69, 9.17) is 9.47 Å². The van der Waals surface area contributed by atoms with Crippen LogP contribution in [-0.4, -0.2) is 31.2 Å². The van der Waals surface area contributed by atoms with E-state index in [0.29, 0.717) is 17.3 Å². The van der Waals surface area contributed by atoms with Gasteiger partial charge in [0.1, 0.15) is 5.82 Å². The van der Waals surface area contributed by atoms with Crippen LogP contribution in [0.2, 0.25) is 0 Å². The van der Waals surface area contributed by atoms with Crippen molar-refractivity contribution in [1.82, 2.24) is 4.98 Å². The number of hydrogen-bond donors (Lipinski definition) is 2. The molecule has 0 aliphatic rings. The molecular formula is C21H29N3O3. The Bertz CT molecular complexity index is 811. The van der Waals surface area contributed by atoms with Gasteiger partial charge in [-0.05, 0) is 38.1 Å². The van der Waals surface area contributed by atoms with Crippen LogP contribution in [-0.2, 0) is 4.79 Å². The molecule has 2 rings (SSSR count). The first-order valence-corrected chi connectivity index (χ1v) is 8.96. The Labute approximate surface area is 161 Å². The van der Waals surface area contributed by atoms with Crippen LogP contribution < -0.4 is 20.1 Å². The number of anilines is 2. The zero-order chi connectivity index (χ0) is 20.2. The van der Waals surface area contributed by atoms with Gasteiger partial charge in [-0.25, -0.2) is 4.98 Å². The molecule has 6 heteroatoms.